The van der Waals surface area contributed by atoms with Crippen molar-refractivity contribution in [2.45, 2.75) is 19.4 Å². The molecule has 2 amide bonds. The highest BCUT2D eigenvalue weighted by atomic mass is 16.4. The molecule has 0 bridgehead atoms. The predicted molar refractivity (Wildman–Crippen MR) is 123 cm³/mol. The van der Waals surface area contributed by atoms with Crippen LogP contribution in [0, 0.1) is 6.92 Å². The van der Waals surface area contributed by atoms with Crippen LogP contribution in [0.1, 0.15) is 27.0 Å². The van der Waals surface area contributed by atoms with Gasteiger partial charge in [-0.15, -0.1) is 0 Å². The highest BCUT2D eigenvalue weighted by Gasteiger charge is 2.23. The molecule has 3 N–H and O–H groups in total. The predicted octanol–water partition coefficient (Wildman–Crippen LogP) is 3.58. The highest BCUT2D eigenvalue weighted by Crippen LogP contribution is 2.10. The van der Waals surface area contributed by atoms with Crippen LogP contribution in [0.25, 0.3) is 6.08 Å². The number of benzene rings is 3. The van der Waals surface area contributed by atoms with Gasteiger partial charge in [-0.05, 0) is 36.3 Å². The molecule has 0 aromatic heterocycles. The van der Waals surface area contributed by atoms with Crippen LogP contribution in [0.15, 0.2) is 90.6 Å². The zero-order valence-electron chi connectivity index (χ0n) is 17.6. The molecule has 3 rings (SSSR count). The van der Waals surface area contributed by atoms with E-state index in [0.717, 1.165) is 11.1 Å². The van der Waals surface area contributed by atoms with E-state index in [1.165, 1.54) is 6.08 Å². The molecule has 0 spiro atoms. The fraction of sp³-hybridized carbons (Fsp3) is 0.115. The largest absolute Gasteiger partial charge is 0.480 e. The Labute approximate surface area is 186 Å². The molecular weight excluding hydrogens is 404 g/mol. The van der Waals surface area contributed by atoms with Gasteiger partial charge in [-0.3, -0.25) is 9.59 Å². The van der Waals surface area contributed by atoms with Crippen LogP contribution < -0.4 is 10.6 Å². The van der Waals surface area contributed by atoms with E-state index in [0.29, 0.717) is 11.1 Å². The molecule has 32 heavy (non-hydrogen) atoms. The quantitative estimate of drug-likeness (QED) is 0.478. The molecule has 0 fully saturated rings. The molecule has 0 aliphatic rings. The van der Waals surface area contributed by atoms with Gasteiger partial charge in [0.1, 0.15) is 11.7 Å². The van der Waals surface area contributed by atoms with Crippen molar-refractivity contribution in [1.82, 2.24) is 10.6 Å². The summed E-state index contributed by atoms with van der Waals surface area (Å²) >= 11 is 0. The molecule has 0 saturated carbocycles. The number of hydrogen-bond acceptors (Lipinski definition) is 3. The molecule has 0 radical (unpaired) electrons. The van der Waals surface area contributed by atoms with Gasteiger partial charge in [-0.2, -0.15) is 0 Å². The van der Waals surface area contributed by atoms with Gasteiger partial charge in [0.15, 0.2) is 0 Å². The first kappa shape index (κ1) is 22.5. The van der Waals surface area contributed by atoms with Gasteiger partial charge < -0.3 is 15.7 Å². The zero-order valence-corrected chi connectivity index (χ0v) is 17.6. The van der Waals surface area contributed by atoms with E-state index in [4.69, 9.17) is 0 Å². The summed E-state index contributed by atoms with van der Waals surface area (Å²) in [7, 11) is 0. The molecule has 6 nitrogen and oxygen atoms in total. The monoisotopic (exact) mass is 428 g/mol. The Kier molecular flexibility index (Phi) is 7.54. The van der Waals surface area contributed by atoms with Crippen molar-refractivity contribution < 1.29 is 19.5 Å². The van der Waals surface area contributed by atoms with Crippen LogP contribution in [0.4, 0.5) is 0 Å². The average Bonchev–Trinajstić information content (AvgIpc) is 2.80. The molecule has 0 unspecified atom stereocenters. The number of carboxylic acid groups (broad SMARTS) is 1. The highest BCUT2D eigenvalue weighted by molar-refractivity contribution is 6.06. The van der Waals surface area contributed by atoms with Gasteiger partial charge in [-0.1, -0.05) is 78.4 Å². The molecule has 1 atom stereocenters. The van der Waals surface area contributed by atoms with E-state index in [1.54, 1.807) is 72.8 Å². The minimum atomic E-state index is -1.16. The van der Waals surface area contributed by atoms with Crippen molar-refractivity contribution in [1.29, 1.82) is 0 Å². The SMILES string of the molecule is Cc1ccc(C(=O)N/C(=C/c2ccccc2)C(=O)N[C@@H](Cc2ccccc2)C(=O)O)cc1. The Balaban J connectivity index is 1.83. The summed E-state index contributed by atoms with van der Waals surface area (Å²) in [6.45, 7) is 1.91. The molecule has 6 heteroatoms. The molecule has 0 aliphatic heterocycles. The fourth-order valence-electron chi connectivity index (χ4n) is 3.06. The molecular formula is C26H24N2O4. The van der Waals surface area contributed by atoms with E-state index in [2.05, 4.69) is 10.6 Å². The summed E-state index contributed by atoms with van der Waals surface area (Å²) < 4.78 is 0. The lowest BCUT2D eigenvalue weighted by Crippen LogP contribution is -2.45. The first-order valence-corrected chi connectivity index (χ1v) is 10.1. The van der Waals surface area contributed by atoms with Crippen LogP contribution in [-0.2, 0) is 16.0 Å². The third kappa shape index (κ3) is 6.40. The molecule has 3 aromatic rings. The maximum atomic E-state index is 13.0. The second-order valence-electron chi connectivity index (χ2n) is 7.34. The summed E-state index contributed by atoms with van der Waals surface area (Å²) in [6.07, 6.45) is 1.63. The van der Waals surface area contributed by atoms with Crippen LogP contribution in [0.5, 0.6) is 0 Å². The summed E-state index contributed by atoms with van der Waals surface area (Å²) in [6, 6.07) is 23.8. The number of nitrogens with one attached hydrogen (secondary N) is 2. The molecule has 3 aromatic carbocycles. The summed E-state index contributed by atoms with van der Waals surface area (Å²) in [5, 5.41) is 14.8. The Hall–Kier alpha value is -4.19. The zero-order chi connectivity index (χ0) is 22.9. The van der Waals surface area contributed by atoms with Gasteiger partial charge in [0.2, 0.25) is 0 Å². The van der Waals surface area contributed by atoms with E-state index in [9.17, 15) is 19.5 Å². The van der Waals surface area contributed by atoms with Crippen LogP contribution in [0.2, 0.25) is 0 Å². The van der Waals surface area contributed by atoms with E-state index in [1.807, 2.05) is 19.1 Å². The summed E-state index contributed by atoms with van der Waals surface area (Å²) in [4.78, 5) is 37.5. The van der Waals surface area contributed by atoms with Crippen LogP contribution in [-0.4, -0.2) is 28.9 Å². The second kappa shape index (κ2) is 10.7. The Bertz CT molecular complexity index is 1110. The lowest BCUT2D eigenvalue weighted by atomic mass is 10.1. The topological polar surface area (TPSA) is 95.5 Å². The number of rotatable bonds is 8. The summed E-state index contributed by atoms with van der Waals surface area (Å²) in [5.74, 6) is -2.30. The normalized spacial score (nSPS) is 12.0. The number of aliphatic carboxylic acids is 1. The number of carbonyl (C=O) groups is 3. The van der Waals surface area contributed by atoms with Gasteiger partial charge in [0, 0.05) is 12.0 Å². The number of carboxylic acids is 1. The number of hydrogen-bond donors (Lipinski definition) is 3. The maximum Gasteiger partial charge on any atom is 0.326 e. The van der Waals surface area contributed by atoms with Crippen molar-refractivity contribution in [2.75, 3.05) is 0 Å². The molecule has 162 valence electrons. The Morgan fingerprint density at radius 2 is 1.47 bits per heavy atom. The number of carbonyl (C=O) groups excluding carboxylic acids is 2. The first-order valence-electron chi connectivity index (χ1n) is 10.1. The van der Waals surface area contributed by atoms with Crippen molar-refractivity contribution >= 4 is 23.9 Å². The fourth-order valence-corrected chi connectivity index (χ4v) is 3.06. The second-order valence-corrected chi connectivity index (χ2v) is 7.34. The third-order valence-electron chi connectivity index (χ3n) is 4.80. The lowest BCUT2D eigenvalue weighted by Gasteiger charge is -2.17. The van der Waals surface area contributed by atoms with Crippen LogP contribution in [0.3, 0.4) is 0 Å². The van der Waals surface area contributed by atoms with Gasteiger partial charge in [0.25, 0.3) is 11.8 Å². The minimum absolute atomic E-state index is 0.0407. The van der Waals surface area contributed by atoms with Crippen molar-refractivity contribution in [3.8, 4) is 0 Å². The standard InChI is InChI=1S/C26H24N2O4/c1-18-12-14-21(15-13-18)24(29)27-22(16-19-8-4-2-5-9-19)25(30)28-23(26(31)32)17-20-10-6-3-7-11-20/h2-16,23H,17H2,1H3,(H,27,29)(H,28,30)(H,31,32)/b22-16+/t23-/m0/s1. The van der Waals surface area contributed by atoms with Crippen molar-refractivity contribution in [2.24, 2.45) is 0 Å². The number of aryl methyl sites for hydroxylation is 1. The summed E-state index contributed by atoms with van der Waals surface area (Å²) in [5.41, 5.74) is 2.82. The average molecular weight is 428 g/mol. The maximum absolute atomic E-state index is 13.0. The van der Waals surface area contributed by atoms with E-state index < -0.39 is 23.8 Å². The number of amides is 2. The Morgan fingerprint density at radius 3 is 2.06 bits per heavy atom. The van der Waals surface area contributed by atoms with Gasteiger partial charge in [0.05, 0.1) is 0 Å². The van der Waals surface area contributed by atoms with Crippen LogP contribution >= 0.6 is 0 Å². The van der Waals surface area contributed by atoms with Crippen molar-refractivity contribution in [3.05, 3.63) is 113 Å². The van der Waals surface area contributed by atoms with Crippen molar-refractivity contribution in [3.63, 3.8) is 0 Å². The molecule has 0 saturated heterocycles. The van der Waals surface area contributed by atoms with E-state index >= 15 is 0 Å². The molecule has 0 aliphatic carbocycles. The smallest absolute Gasteiger partial charge is 0.326 e. The lowest BCUT2D eigenvalue weighted by molar-refractivity contribution is -0.141. The minimum Gasteiger partial charge on any atom is -0.480 e. The third-order valence-corrected chi connectivity index (χ3v) is 4.80. The van der Waals surface area contributed by atoms with E-state index in [-0.39, 0.29) is 12.1 Å². The molecule has 0 heterocycles. The Morgan fingerprint density at radius 1 is 0.875 bits per heavy atom. The first-order chi connectivity index (χ1) is 15.4. The van der Waals surface area contributed by atoms with Gasteiger partial charge >= 0.3 is 5.97 Å². The van der Waals surface area contributed by atoms with Gasteiger partial charge in [-0.25, -0.2) is 4.79 Å².